The molecule has 0 unspecified atom stereocenters. The van der Waals surface area contributed by atoms with Crippen LogP contribution in [0.4, 0.5) is 18.9 Å². The van der Waals surface area contributed by atoms with Crippen LogP contribution in [0.1, 0.15) is 10.5 Å². The van der Waals surface area contributed by atoms with Crippen molar-refractivity contribution in [2.24, 2.45) is 0 Å². The number of rotatable bonds is 4. The number of hydrogen-bond donors (Lipinski definition) is 1. The van der Waals surface area contributed by atoms with Gasteiger partial charge in [0.2, 0.25) is 5.88 Å². The summed E-state index contributed by atoms with van der Waals surface area (Å²) in [7, 11) is 1.39. The number of methoxy groups -OCH3 is 1. The highest BCUT2D eigenvalue weighted by Gasteiger charge is 2.30. The van der Waals surface area contributed by atoms with Gasteiger partial charge in [-0.15, -0.1) is 13.2 Å². The first kappa shape index (κ1) is 15.5. The summed E-state index contributed by atoms with van der Waals surface area (Å²) in [6.45, 7) is 0. The average Bonchev–Trinajstić information content (AvgIpc) is 2.48. The zero-order valence-corrected chi connectivity index (χ0v) is 11.2. The van der Waals surface area contributed by atoms with Crippen molar-refractivity contribution >= 4 is 11.6 Å². The van der Waals surface area contributed by atoms with Gasteiger partial charge in [0.15, 0.2) is 0 Å². The van der Waals surface area contributed by atoms with Crippen LogP contribution in [0.5, 0.6) is 11.6 Å². The van der Waals surface area contributed by atoms with Gasteiger partial charge in [-0.3, -0.25) is 4.79 Å². The first-order valence-electron chi connectivity index (χ1n) is 5.90. The van der Waals surface area contributed by atoms with Crippen molar-refractivity contribution in [3.63, 3.8) is 0 Å². The van der Waals surface area contributed by atoms with E-state index in [9.17, 15) is 18.0 Å². The van der Waals surface area contributed by atoms with Gasteiger partial charge >= 0.3 is 6.36 Å². The number of carbonyl (C=O) groups excluding carboxylic acids is 1. The molecule has 0 aliphatic rings. The average molecular weight is 313 g/mol. The maximum atomic E-state index is 12.0. The quantitative estimate of drug-likeness (QED) is 0.939. The van der Waals surface area contributed by atoms with Crippen LogP contribution in [0.3, 0.4) is 0 Å². The van der Waals surface area contributed by atoms with E-state index in [4.69, 9.17) is 4.74 Å². The van der Waals surface area contributed by atoms with E-state index >= 15 is 0 Å². The molecule has 0 aliphatic heterocycles. The van der Waals surface area contributed by atoms with E-state index in [0.29, 0.717) is 0 Å². The lowest BCUT2D eigenvalue weighted by molar-refractivity contribution is -0.274. The molecule has 116 valence electrons. The van der Waals surface area contributed by atoms with E-state index in [-0.39, 0.29) is 23.0 Å². The summed E-state index contributed by atoms with van der Waals surface area (Å²) in [5, 5.41) is 2.48. The monoisotopic (exact) mass is 313 g/mol. The Kier molecular flexibility index (Phi) is 4.44. The summed E-state index contributed by atoms with van der Waals surface area (Å²) < 4.78 is 44.7. The van der Waals surface area contributed by atoms with Crippen LogP contribution in [0.25, 0.3) is 0 Å². The highest BCUT2D eigenvalue weighted by Crippen LogP contribution is 2.24. The Morgan fingerprint density at radius 2 is 1.86 bits per heavy atom. The van der Waals surface area contributed by atoms with Crippen LogP contribution < -0.4 is 14.8 Å². The van der Waals surface area contributed by atoms with E-state index in [0.717, 1.165) is 18.5 Å². The fourth-order valence-corrected chi connectivity index (χ4v) is 1.51. The smallest absolute Gasteiger partial charge is 0.481 e. The number of hydrogen-bond acceptors (Lipinski definition) is 5. The zero-order valence-electron chi connectivity index (χ0n) is 11.2. The number of halogens is 3. The van der Waals surface area contributed by atoms with E-state index in [1.165, 1.54) is 25.3 Å². The first-order valence-corrected chi connectivity index (χ1v) is 5.90. The van der Waals surface area contributed by atoms with Gasteiger partial charge in [0.1, 0.15) is 17.8 Å². The second kappa shape index (κ2) is 6.29. The van der Waals surface area contributed by atoms with Crippen LogP contribution in [0, 0.1) is 0 Å². The van der Waals surface area contributed by atoms with Gasteiger partial charge in [-0.1, -0.05) is 0 Å². The number of ether oxygens (including phenoxy) is 2. The van der Waals surface area contributed by atoms with Crippen molar-refractivity contribution in [2.75, 3.05) is 12.4 Å². The number of nitrogens with one attached hydrogen (secondary N) is 1. The Labute approximate surface area is 122 Å². The summed E-state index contributed by atoms with van der Waals surface area (Å²) in [6, 6.07) is 6.05. The molecule has 1 heterocycles. The molecule has 2 aromatic rings. The number of anilines is 1. The second-order valence-electron chi connectivity index (χ2n) is 3.97. The standard InChI is InChI=1S/C13H10F3N3O3/c1-21-11-6-10(17-7-18-11)12(20)19-8-2-4-9(5-3-8)22-13(14,15)16/h2-7H,1H3,(H,19,20). The molecule has 1 aromatic heterocycles. The molecular weight excluding hydrogens is 303 g/mol. The van der Waals surface area contributed by atoms with Gasteiger partial charge < -0.3 is 14.8 Å². The number of carbonyl (C=O) groups is 1. The lowest BCUT2D eigenvalue weighted by Crippen LogP contribution is -2.17. The van der Waals surface area contributed by atoms with Crippen molar-refractivity contribution < 1.29 is 27.4 Å². The first-order chi connectivity index (χ1) is 10.4. The third-order valence-corrected chi connectivity index (χ3v) is 2.43. The minimum absolute atomic E-state index is 0.0578. The molecule has 6 nitrogen and oxygen atoms in total. The Hall–Kier alpha value is -2.84. The molecule has 0 saturated heterocycles. The van der Waals surface area contributed by atoms with Crippen LogP contribution in [-0.2, 0) is 0 Å². The molecule has 0 fully saturated rings. The number of aromatic nitrogens is 2. The molecule has 0 spiro atoms. The van der Waals surface area contributed by atoms with Gasteiger partial charge in [0.25, 0.3) is 5.91 Å². The number of alkyl halides is 3. The minimum Gasteiger partial charge on any atom is -0.481 e. The van der Waals surface area contributed by atoms with E-state index < -0.39 is 12.3 Å². The SMILES string of the molecule is COc1cc(C(=O)Nc2ccc(OC(F)(F)F)cc2)ncn1. The molecule has 22 heavy (non-hydrogen) atoms. The van der Waals surface area contributed by atoms with Crippen molar-refractivity contribution in [3.8, 4) is 11.6 Å². The number of nitrogens with zero attached hydrogens (tertiary/aromatic N) is 2. The summed E-state index contributed by atoms with van der Waals surface area (Å²) in [4.78, 5) is 19.5. The molecule has 0 aliphatic carbocycles. The maximum Gasteiger partial charge on any atom is 0.573 e. The third kappa shape index (κ3) is 4.33. The third-order valence-electron chi connectivity index (χ3n) is 2.43. The molecule has 1 amide bonds. The molecular formula is C13H10F3N3O3. The topological polar surface area (TPSA) is 73.3 Å². The predicted molar refractivity (Wildman–Crippen MR) is 69.7 cm³/mol. The highest BCUT2D eigenvalue weighted by molar-refractivity contribution is 6.02. The Morgan fingerprint density at radius 1 is 1.18 bits per heavy atom. The van der Waals surface area contributed by atoms with Crippen LogP contribution >= 0.6 is 0 Å². The maximum absolute atomic E-state index is 12.0. The summed E-state index contributed by atoms with van der Waals surface area (Å²) in [5.41, 5.74) is 0.347. The molecule has 1 N–H and O–H groups in total. The molecule has 0 saturated carbocycles. The molecule has 0 bridgehead atoms. The fourth-order valence-electron chi connectivity index (χ4n) is 1.51. The lowest BCUT2D eigenvalue weighted by atomic mass is 10.3. The van der Waals surface area contributed by atoms with Gasteiger partial charge in [-0.2, -0.15) is 0 Å². The summed E-state index contributed by atoms with van der Waals surface area (Å²) >= 11 is 0. The van der Waals surface area contributed by atoms with Crippen molar-refractivity contribution in [2.45, 2.75) is 6.36 Å². The summed E-state index contributed by atoms with van der Waals surface area (Å²) in [6.07, 6.45) is -3.60. The Morgan fingerprint density at radius 3 is 2.45 bits per heavy atom. The molecule has 2 rings (SSSR count). The molecule has 1 aromatic carbocycles. The highest BCUT2D eigenvalue weighted by atomic mass is 19.4. The van der Waals surface area contributed by atoms with Gasteiger partial charge in [0, 0.05) is 11.8 Å². The van der Waals surface area contributed by atoms with Crippen LogP contribution in [-0.4, -0.2) is 29.3 Å². The van der Waals surface area contributed by atoms with Crippen molar-refractivity contribution in [3.05, 3.63) is 42.4 Å². The van der Waals surface area contributed by atoms with Gasteiger partial charge in [-0.05, 0) is 24.3 Å². The normalized spacial score (nSPS) is 10.9. The van der Waals surface area contributed by atoms with Gasteiger partial charge in [0.05, 0.1) is 7.11 Å². The molecule has 9 heteroatoms. The summed E-state index contributed by atoms with van der Waals surface area (Å²) in [5.74, 6) is -0.714. The van der Waals surface area contributed by atoms with Crippen molar-refractivity contribution in [1.82, 2.24) is 9.97 Å². The van der Waals surface area contributed by atoms with E-state index in [2.05, 4.69) is 20.0 Å². The van der Waals surface area contributed by atoms with E-state index in [1.807, 2.05) is 0 Å². The number of benzene rings is 1. The van der Waals surface area contributed by atoms with Crippen LogP contribution in [0.15, 0.2) is 36.7 Å². The lowest BCUT2D eigenvalue weighted by Gasteiger charge is -2.10. The fraction of sp³-hybridized carbons (Fsp3) is 0.154. The van der Waals surface area contributed by atoms with Gasteiger partial charge in [-0.25, -0.2) is 9.97 Å². The van der Waals surface area contributed by atoms with E-state index in [1.54, 1.807) is 0 Å². The number of amides is 1. The van der Waals surface area contributed by atoms with Crippen LogP contribution in [0.2, 0.25) is 0 Å². The molecule has 0 atom stereocenters. The second-order valence-corrected chi connectivity index (χ2v) is 3.97. The minimum atomic E-state index is -4.76. The Bertz CT molecular complexity index is 660. The van der Waals surface area contributed by atoms with Crippen molar-refractivity contribution in [1.29, 1.82) is 0 Å². The Balaban J connectivity index is 2.05. The predicted octanol–water partition coefficient (Wildman–Crippen LogP) is 2.64. The largest absolute Gasteiger partial charge is 0.573 e. The zero-order chi connectivity index (χ0) is 16.2. The molecule has 0 radical (unpaired) electrons.